The first-order valence-electron chi connectivity index (χ1n) is 10.2. The minimum absolute atomic E-state index is 0.153. The number of sulfonamides is 2. The molecule has 0 aliphatic carbocycles. The lowest BCUT2D eigenvalue weighted by atomic mass is 9.98. The molecule has 0 unspecified atom stereocenters. The molecule has 3 aromatic rings. The number of primary sulfonamides is 1. The van der Waals surface area contributed by atoms with E-state index < -0.39 is 29.8 Å². The number of nitrogens with one attached hydrogen (secondary N) is 1. The summed E-state index contributed by atoms with van der Waals surface area (Å²) in [6.45, 7) is 1.17. The van der Waals surface area contributed by atoms with E-state index in [1.807, 2.05) is 6.07 Å². The van der Waals surface area contributed by atoms with E-state index in [-0.39, 0.29) is 30.1 Å². The number of hydrogen-bond donors (Lipinski definition) is 4. The number of hydrogen-bond acceptors (Lipinski definition) is 10. The van der Waals surface area contributed by atoms with Crippen LogP contribution in [0.25, 0.3) is 21.3 Å². The van der Waals surface area contributed by atoms with E-state index in [1.165, 1.54) is 34.8 Å². The minimum atomic E-state index is -4.63. The van der Waals surface area contributed by atoms with Gasteiger partial charge in [-0.3, -0.25) is 4.99 Å². The molecule has 1 aliphatic heterocycles. The van der Waals surface area contributed by atoms with Gasteiger partial charge in [-0.25, -0.2) is 27.0 Å². The molecule has 0 radical (unpaired) electrons. The van der Waals surface area contributed by atoms with Gasteiger partial charge in [0.25, 0.3) is 0 Å². The second-order valence-electron chi connectivity index (χ2n) is 7.48. The van der Waals surface area contributed by atoms with Crippen LogP contribution in [0.15, 0.2) is 55.5 Å². The molecule has 16 heteroatoms. The summed E-state index contributed by atoms with van der Waals surface area (Å²) in [6, 6.07) is 7.95. The molecule has 0 amide bonds. The van der Waals surface area contributed by atoms with E-state index in [0.29, 0.717) is 29.3 Å². The largest absolute Gasteiger partial charge is 0.375 e. The van der Waals surface area contributed by atoms with Crippen LogP contribution in [0.1, 0.15) is 5.56 Å². The molecule has 0 saturated carbocycles. The first kappa shape index (κ1) is 25.1. The average Bonchev–Trinajstić information content (AvgIpc) is 3.22. The van der Waals surface area contributed by atoms with Crippen molar-refractivity contribution in [1.29, 1.82) is 0 Å². The Morgan fingerprint density at radius 1 is 1.11 bits per heavy atom. The van der Waals surface area contributed by atoms with Gasteiger partial charge < -0.3 is 16.9 Å². The molecule has 1 aliphatic rings. The summed E-state index contributed by atoms with van der Waals surface area (Å²) < 4.78 is 55.0. The molecule has 7 N–H and O–H groups in total. The van der Waals surface area contributed by atoms with Gasteiger partial charge in [0.05, 0.1) is 15.8 Å². The maximum atomic E-state index is 13.6. The normalized spacial score (nSPS) is 16.3. The molecule has 35 heavy (non-hydrogen) atoms. The third-order valence-electron chi connectivity index (χ3n) is 5.41. The summed E-state index contributed by atoms with van der Waals surface area (Å²) >= 11 is 1.25. The highest BCUT2D eigenvalue weighted by Gasteiger charge is 2.36. The van der Waals surface area contributed by atoms with E-state index >= 15 is 0 Å². The molecule has 1 saturated heterocycles. The predicted molar refractivity (Wildman–Crippen MR) is 134 cm³/mol. The van der Waals surface area contributed by atoms with Gasteiger partial charge >= 0.3 is 0 Å². The Labute approximate surface area is 205 Å². The Kier molecular flexibility index (Phi) is 6.85. The van der Waals surface area contributed by atoms with Crippen LogP contribution in [0.4, 0.5) is 5.13 Å². The van der Waals surface area contributed by atoms with E-state index in [1.54, 1.807) is 12.1 Å². The van der Waals surface area contributed by atoms with Crippen LogP contribution in [0, 0.1) is 0 Å². The summed E-state index contributed by atoms with van der Waals surface area (Å²) in [6.07, 6.45) is 0. The molecule has 2 aromatic carbocycles. The monoisotopic (exact) mass is 537 g/mol. The minimum Gasteiger partial charge on any atom is -0.375 e. The number of thiazole rings is 1. The van der Waals surface area contributed by atoms with Gasteiger partial charge in [0, 0.05) is 38.8 Å². The predicted octanol–water partition coefficient (Wildman–Crippen LogP) is 0.489. The van der Waals surface area contributed by atoms with E-state index in [9.17, 15) is 16.8 Å². The van der Waals surface area contributed by atoms with Crippen LogP contribution < -0.4 is 22.0 Å². The number of aromatic nitrogens is 1. The van der Waals surface area contributed by atoms with Crippen molar-refractivity contribution in [3.05, 3.63) is 35.9 Å². The van der Waals surface area contributed by atoms with Crippen LogP contribution in [-0.4, -0.2) is 65.2 Å². The van der Waals surface area contributed by atoms with E-state index in [0.717, 1.165) is 4.70 Å². The van der Waals surface area contributed by atoms with Crippen LogP contribution in [-0.2, 0) is 20.0 Å². The van der Waals surface area contributed by atoms with Gasteiger partial charge in [-0.15, -0.1) is 5.11 Å². The third kappa shape index (κ3) is 4.63. The number of aliphatic imine (C=N–C) groups is 1. The van der Waals surface area contributed by atoms with Crippen molar-refractivity contribution >= 4 is 52.6 Å². The van der Waals surface area contributed by atoms with Crippen molar-refractivity contribution in [2.24, 2.45) is 26.3 Å². The number of fused-ring (bicyclic) bond motifs is 1. The summed E-state index contributed by atoms with van der Waals surface area (Å²) in [7, 11) is -7.53. The quantitative estimate of drug-likeness (QED) is 0.118. The van der Waals surface area contributed by atoms with Crippen LogP contribution in [0.3, 0.4) is 0 Å². The first-order chi connectivity index (χ1) is 16.6. The molecular weight excluding hydrogens is 514 g/mol. The average molecular weight is 538 g/mol. The summed E-state index contributed by atoms with van der Waals surface area (Å²) in [5, 5.41) is 16.0. The van der Waals surface area contributed by atoms with E-state index in [4.69, 9.17) is 16.7 Å². The second-order valence-corrected chi connectivity index (χ2v) is 11.9. The van der Waals surface area contributed by atoms with Gasteiger partial charge in [0.15, 0.2) is 11.0 Å². The lowest BCUT2D eigenvalue weighted by Gasteiger charge is -2.28. The highest BCUT2D eigenvalue weighted by atomic mass is 32.2. The molecule has 0 atom stereocenters. The first-order valence-corrected chi connectivity index (χ1v) is 14.0. The fraction of sp³-hybridized carbons (Fsp3) is 0.263. The molecule has 13 nitrogen and oxygen atoms in total. The summed E-state index contributed by atoms with van der Waals surface area (Å²) in [5.41, 5.74) is 7.00. The molecular formula is C19H23N9O4S3. The molecule has 0 bridgehead atoms. The van der Waals surface area contributed by atoms with Gasteiger partial charge in [0.2, 0.25) is 20.0 Å². The van der Waals surface area contributed by atoms with Crippen molar-refractivity contribution in [3.63, 3.8) is 0 Å². The molecule has 186 valence electrons. The fourth-order valence-electron chi connectivity index (χ4n) is 3.96. The Hall–Kier alpha value is -3.02. The van der Waals surface area contributed by atoms with Gasteiger partial charge in [-0.05, 0) is 17.7 Å². The lowest BCUT2D eigenvalue weighted by Crippen LogP contribution is -2.46. The van der Waals surface area contributed by atoms with E-state index in [2.05, 4.69) is 25.6 Å². The van der Waals surface area contributed by atoms with Crippen molar-refractivity contribution in [2.45, 2.75) is 9.79 Å². The highest BCUT2D eigenvalue weighted by molar-refractivity contribution is 7.92. The molecule has 4 rings (SSSR count). The number of para-hydroxylation sites is 1. The third-order valence-corrected chi connectivity index (χ3v) is 9.33. The fourth-order valence-corrected chi connectivity index (χ4v) is 7.74. The number of piperazine rings is 1. The number of amidine groups is 1. The zero-order valence-corrected chi connectivity index (χ0v) is 21.0. The zero-order chi connectivity index (χ0) is 25.4. The molecule has 2 heterocycles. The van der Waals surface area contributed by atoms with Crippen molar-refractivity contribution in [1.82, 2.24) is 14.6 Å². The Balaban J connectivity index is 2.13. The van der Waals surface area contributed by atoms with Crippen molar-refractivity contribution in [3.8, 4) is 11.1 Å². The standard InChI is InChI=1S/C19H23N9O4S3/c1-23-18(26-27-21)15-11(12-3-2-4-13-16(12)25-19(20)33-13)5-6-14(17(15)34(22,29)30)35(31,32)28-9-7-24-8-10-28/h2-6,24H,7-10H2,1H3,(H2,20,25)(H2,21,23,26)(H2,22,29,30). The smallest absolute Gasteiger partial charge is 0.244 e. The van der Waals surface area contributed by atoms with Crippen LogP contribution in [0.5, 0.6) is 0 Å². The van der Waals surface area contributed by atoms with Crippen LogP contribution in [0.2, 0.25) is 0 Å². The number of nitrogens with zero attached hydrogens (tertiary/aromatic N) is 5. The number of anilines is 1. The highest BCUT2D eigenvalue weighted by Crippen LogP contribution is 2.39. The van der Waals surface area contributed by atoms with Gasteiger partial charge in [-0.2, -0.15) is 4.31 Å². The Morgan fingerprint density at radius 2 is 1.83 bits per heavy atom. The van der Waals surface area contributed by atoms with Gasteiger partial charge in [-0.1, -0.05) is 34.8 Å². The SMILES string of the molecule is CN=C(N=NN)c1c(-c2cccc3sc(N)nc23)ccc(S(=O)(=O)N2CCNCC2)c1S(N)(=O)=O. The van der Waals surface area contributed by atoms with Gasteiger partial charge in [0.1, 0.15) is 9.79 Å². The molecule has 1 aromatic heterocycles. The topological polar surface area (TPSA) is 212 Å². The maximum absolute atomic E-state index is 13.6. The lowest BCUT2D eigenvalue weighted by molar-refractivity contribution is 0.359. The van der Waals surface area contributed by atoms with Crippen molar-refractivity contribution < 1.29 is 16.8 Å². The van der Waals surface area contributed by atoms with Crippen molar-refractivity contribution in [2.75, 3.05) is 39.0 Å². The maximum Gasteiger partial charge on any atom is 0.244 e. The summed E-state index contributed by atoms with van der Waals surface area (Å²) in [5.74, 6) is 5.04. The summed E-state index contributed by atoms with van der Waals surface area (Å²) in [4.78, 5) is 7.25. The molecule has 0 spiro atoms. The molecule has 1 fully saturated rings. The number of rotatable bonds is 5. The van der Waals surface area contributed by atoms with Crippen LogP contribution >= 0.6 is 11.3 Å². The zero-order valence-electron chi connectivity index (χ0n) is 18.5. The second kappa shape index (κ2) is 9.56. The Bertz CT molecular complexity index is 1560. The Morgan fingerprint density at radius 3 is 2.46 bits per heavy atom. The number of benzene rings is 2. The number of nitrogens with two attached hydrogens (primary N) is 3. The number of nitrogen functional groups attached to an aromatic ring is 1.